The van der Waals surface area contributed by atoms with Gasteiger partial charge in [0.2, 0.25) is 0 Å². The molecule has 1 fully saturated rings. The molecule has 1 unspecified atom stereocenters. The lowest BCUT2D eigenvalue weighted by atomic mass is 9.83. The molecule has 0 spiro atoms. The number of aromatic nitrogens is 7. The van der Waals surface area contributed by atoms with Crippen molar-refractivity contribution in [3.8, 4) is 22.6 Å². The molecule has 1 aliphatic carbocycles. The Hall–Kier alpha value is -3.00. The highest BCUT2D eigenvalue weighted by Gasteiger charge is 2.26. The summed E-state index contributed by atoms with van der Waals surface area (Å²) in [5, 5.41) is 9.08. The lowest BCUT2D eigenvalue weighted by Gasteiger charge is -2.30. The Balaban J connectivity index is 1.52. The maximum absolute atomic E-state index is 5.42. The Morgan fingerprint density at radius 2 is 1.94 bits per heavy atom. The van der Waals surface area contributed by atoms with Crippen molar-refractivity contribution in [2.24, 2.45) is 13.0 Å². The van der Waals surface area contributed by atoms with E-state index in [0.29, 0.717) is 12.0 Å². The molecule has 0 amide bonds. The molecule has 0 aromatic carbocycles. The number of methoxy groups -OCH3 is 1. The van der Waals surface area contributed by atoms with Crippen molar-refractivity contribution in [1.82, 2.24) is 33.9 Å². The summed E-state index contributed by atoms with van der Waals surface area (Å²) < 4.78 is 11.4. The van der Waals surface area contributed by atoms with Crippen molar-refractivity contribution in [2.75, 3.05) is 13.7 Å². The fourth-order valence-electron chi connectivity index (χ4n) is 4.80. The van der Waals surface area contributed by atoms with Gasteiger partial charge in [0.15, 0.2) is 0 Å². The van der Waals surface area contributed by atoms with E-state index in [-0.39, 0.29) is 0 Å². The zero-order valence-corrected chi connectivity index (χ0v) is 18.2. The van der Waals surface area contributed by atoms with Gasteiger partial charge in [-0.25, -0.2) is 9.97 Å². The second kappa shape index (κ2) is 8.63. The van der Waals surface area contributed by atoms with Crippen molar-refractivity contribution in [2.45, 2.75) is 44.6 Å². The molecule has 162 valence electrons. The normalized spacial score (nSPS) is 16.2. The molecule has 1 saturated carbocycles. The highest BCUT2D eigenvalue weighted by molar-refractivity contribution is 5.68. The van der Waals surface area contributed by atoms with Crippen LogP contribution in [0.2, 0.25) is 0 Å². The van der Waals surface area contributed by atoms with E-state index >= 15 is 0 Å². The fourth-order valence-corrected chi connectivity index (χ4v) is 4.80. The Bertz CT molecular complexity index is 1150. The third kappa shape index (κ3) is 3.99. The molecule has 1 aliphatic rings. The highest BCUT2D eigenvalue weighted by Crippen LogP contribution is 2.35. The number of fused-ring (bicyclic) bond motifs is 1. The number of nitrogens with zero attached hydrogens (tertiary/aromatic N) is 7. The van der Waals surface area contributed by atoms with Crippen LogP contribution in [0.25, 0.3) is 28.3 Å². The molecule has 4 heterocycles. The fraction of sp³-hybridized carbons (Fsp3) is 0.478. The summed E-state index contributed by atoms with van der Waals surface area (Å²) in [7, 11) is 3.68. The number of aryl methyl sites for hydroxylation is 1. The third-order valence-electron chi connectivity index (χ3n) is 6.40. The molecule has 4 aromatic rings. The van der Waals surface area contributed by atoms with Crippen LogP contribution in [0.15, 0.2) is 43.2 Å². The molecule has 0 radical (unpaired) electrons. The van der Waals surface area contributed by atoms with Crippen LogP contribution < -0.4 is 0 Å². The molecule has 4 aromatic heterocycles. The zero-order chi connectivity index (χ0) is 21.2. The monoisotopic (exact) mass is 419 g/mol. The van der Waals surface area contributed by atoms with E-state index in [9.17, 15) is 0 Å². The summed E-state index contributed by atoms with van der Waals surface area (Å²) >= 11 is 0. The van der Waals surface area contributed by atoms with E-state index in [1.54, 1.807) is 18.0 Å². The van der Waals surface area contributed by atoms with Crippen LogP contribution in [0.1, 0.15) is 44.6 Å². The Morgan fingerprint density at radius 1 is 1.10 bits per heavy atom. The topological polar surface area (TPSA) is 75.1 Å². The van der Waals surface area contributed by atoms with E-state index < -0.39 is 0 Å². The van der Waals surface area contributed by atoms with Gasteiger partial charge in [0.05, 0.1) is 29.7 Å². The first-order valence-corrected chi connectivity index (χ1v) is 11.1. The molecular formula is C23H29N7O. The van der Waals surface area contributed by atoms with Gasteiger partial charge in [-0.2, -0.15) is 10.2 Å². The van der Waals surface area contributed by atoms with Gasteiger partial charge in [-0.15, -0.1) is 0 Å². The minimum Gasteiger partial charge on any atom is -0.385 e. The average Bonchev–Trinajstić information content (AvgIpc) is 3.55. The number of rotatable bonds is 7. The Morgan fingerprint density at radius 3 is 2.71 bits per heavy atom. The molecule has 0 bridgehead atoms. The molecule has 8 heteroatoms. The minimum absolute atomic E-state index is 0.355. The number of hydrogen-bond acceptors (Lipinski definition) is 5. The van der Waals surface area contributed by atoms with Gasteiger partial charge < -0.3 is 4.74 Å². The van der Waals surface area contributed by atoms with Gasteiger partial charge in [-0.3, -0.25) is 13.8 Å². The molecule has 31 heavy (non-hydrogen) atoms. The van der Waals surface area contributed by atoms with Gasteiger partial charge in [-0.05, 0) is 25.2 Å². The Labute approximate surface area is 181 Å². The quantitative estimate of drug-likeness (QED) is 0.450. The van der Waals surface area contributed by atoms with Crippen LogP contribution in [0.5, 0.6) is 0 Å². The average molecular weight is 420 g/mol. The van der Waals surface area contributed by atoms with E-state index in [1.807, 2.05) is 42.3 Å². The number of hydrogen-bond donors (Lipinski definition) is 0. The number of ether oxygens (including phenoxy) is 1. The van der Waals surface area contributed by atoms with Gasteiger partial charge in [-0.1, -0.05) is 19.3 Å². The smallest absolute Gasteiger partial charge is 0.149 e. The number of imidazole rings is 1. The first-order valence-electron chi connectivity index (χ1n) is 11.1. The summed E-state index contributed by atoms with van der Waals surface area (Å²) in [5.74, 6) is 1.49. The summed E-state index contributed by atoms with van der Waals surface area (Å²) in [4.78, 5) is 9.47. The molecule has 0 N–H and O–H groups in total. The second-order valence-electron chi connectivity index (χ2n) is 8.48. The largest absolute Gasteiger partial charge is 0.385 e. The van der Waals surface area contributed by atoms with Crippen LogP contribution in [-0.4, -0.2) is 47.6 Å². The van der Waals surface area contributed by atoms with Crippen molar-refractivity contribution in [1.29, 1.82) is 0 Å². The minimum atomic E-state index is 0.355. The molecule has 5 rings (SSSR count). The van der Waals surface area contributed by atoms with Crippen molar-refractivity contribution < 1.29 is 4.74 Å². The van der Waals surface area contributed by atoms with Crippen LogP contribution in [-0.2, 0) is 11.8 Å². The molecule has 1 atom stereocenters. The van der Waals surface area contributed by atoms with Crippen LogP contribution in [0.3, 0.4) is 0 Å². The predicted molar refractivity (Wildman–Crippen MR) is 119 cm³/mol. The van der Waals surface area contributed by atoms with E-state index in [2.05, 4.69) is 21.0 Å². The van der Waals surface area contributed by atoms with Gasteiger partial charge in [0.25, 0.3) is 0 Å². The zero-order valence-electron chi connectivity index (χ0n) is 18.2. The van der Waals surface area contributed by atoms with Gasteiger partial charge in [0.1, 0.15) is 11.5 Å². The maximum atomic E-state index is 5.42. The van der Waals surface area contributed by atoms with Crippen LogP contribution >= 0.6 is 0 Å². The van der Waals surface area contributed by atoms with Gasteiger partial charge in [0, 0.05) is 57.2 Å². The summed E-state index contributed by atoms with van der Waals surface area (Å²) in [6, 6.07) is 2.35. The lowest BCUT2D eigenvalue weighted by Crippen LogP contribution is -2.23. The van der Waals surface area contributed by atoms with E-state index in [1.165, 1.54) is 32.1 Å². The Kier molecular flexibility index (Phi) is 5.55. The summed E-state index contributed by atoms with van der Waals surface area (Å²) in [6.07, 6.45) is 19.1. The molecule has 0 saturated heterocycles. The summed E-state index contributed by atoms with van der Waals surface area (Å²) in [5.41, 5.74) is 3.69. The van der Waals surface area contributed by atoms with E-state index in [0.717, 1.165) is 41.3 Å². The van der Waals surface area contributed by atoms with Gasteiger partial charge >= 0.3 is 0 Å². The molecule has 8 nitrogen and oxygen atoms in total. The molecule has 0 aliphatic heterocycles. The van der Waals surface area contributed by atoms with E-state index in [4.69, 9.17) is 14.8 Å². The second-order valence-corrected chi connectivity index (χ2v) is 8.48. The highest BCUT2D eigenvalue weighted by atomic mass is 16.5. The summed E-state index contributed by atoms with van der Waals surface area (Å²) in [6.45, 7) is 0.747. The maximum Gasteiger partial charge on any atom is 0.149 e. The SMILES string of the molecule is COCCC(C1CCCCC1)n1cc(-c2nc(-c3cnn(C)c3)cc3nccn23)cn1. The third-order valence-corrected chi connectivity index (χ3v) is 6.40. The van der Waals surface area contributed by atoms with Crippen LogP contribution in [0.4, 0.5) is 0 Å². The van der Waals surface area contributed by atoms with Crippen molar-refractivity contribution in [3.63, 3.8) is 0 Å². The first-order chi connectivity index (χ1) is 15.2. The van der Waals surface area contributed by atoms with Crippen LogP contribution in [0, 0.1) is 5.92 Å². The lowest BCUT2D eigenvalue weighted by molar-refractivity contribution is 0.143. The van der Waals surface area contributed by atoms with Crippen molar-refractivity contribution >= 4 is 5.65 Å². The predicted octanol–water partition coefficient (Wildman–Crippen LogP) is 4.15. The van der Waals surface area contributed by atoms with Crippen molar-refractivity contribution in [3.05, 3.63) is 43.2 Å². The molecular weight excluding hydrogens is 390 g/mol. The standard InChI is InChI=1S/C23H29N7O/c1-28-15-18(13-25-28)20-12-22-24-9-10-29(22)23(27-20)19-14-26-30(16-19)21(8-11-31-2)17-6-4-3-5-7-17/h9-10,12-17,21H,3-8,11H2,1-2H3. The first kappa shape index (κ1) is 19.9.